The van der Waals surface area contributed by atoms with Crippen LogP contribution in [-0.2, 0) is 9.59 Å². The van der Waals surface area contributed by atoms with Crippen LogP contribution < -0.4 is 14.8 Å². The van der Waals surface area contributed by atoms with Gasteiger partial charge < -0.3 is 19.7 Å². The largest absolute Gasteiger partial charge is 0.497 e. The fourth-order valence-electron chi connectivity index (χ4n) is 2.95. The van der Waals surface area contributed by atoms with Crippen LogP contribution >= 0.6 is 0 Å². The molecule has 2 aromatic rings. The normalized spacial score (nSPS) is 13.7. The number of carbonyl (C=O) groups excluding carboxylic acids is 3. The van der Waals surface area contributed by atoms with Gasteiger partial charge in [0.25, 0.3) is 5.91 Å². The van der Waals surface area contributed by atoms with Crippen LogP contribution in [0.3, 0.4) is 0 Å². The first-order valence-electron chi connectivity index (χ1n) is 8.60. The fourth-order valence-corrected chi connectivity index (χ4v) is 2.95. The van der Waals surface area contributed by atoms with Gasteiger partial charge in [0, 0.05) is 18.3 Å². The van der Waals surface area contributed by atoms with Gasteiger partial charge in [-0.05, 0) is 35.9 Å². The molecule has 0 unspecified atom stereocenters. The molecule has 8 nitrogen and oxygen atoms in total. The zero-order valence-corrected chi connectivity index (χ0v) is 15.9. The van der Waals surface area contributed by atoms with Gasteiger partial charge in [-0.2, -0.15) is 0 Å². The number of likely N-dealkylation sites (N-methyl/N-ethyl adjacent to an activating group) is 1. The van der Waals surface area contributed by atoms with Crippen molar-refractivity contribution in [1.82, 2.24) is 9.80 Å². The molecule has 0 saturated carbocycles. The maximum atomic E-state index is 12.3. The van der Waals surface area contributed by atoms with E-state index in [0.29, 0.717) is 11.4 Å². The second kappa shape index (κ2) is 7.99. The monoisotopic (exact) mass is 383 g/mol. The Labute approximate surface area is 162 Å². The van der Waals surface area contributed by atoms with E-state index in [1.165, 1.54) is 11.9 Å². The summed E-state index contributed by atoms with van der Waals surface area (Å²) < 4.78 is 10.6. The summed E-state index contributed by atoms with van der Waals surface area (Å²) in [6, 6.07) is 12.2. The number of imide groups is 1. The van der Waals surface area contributed by atoms with Crippen molar-refractivity contribution in [2.45, 2.75) is 0 Å². The molecule has 1 heterocycles. The molecule has 146 valence electrons. The van der Waals surface area contributed by atoms with E-state index in [-0.39, 0.29) is 13.1 Å². The molecular formula is C20H21N3O5. The van der Waals surface area contributed by atoms with Gasteiger partial charge in [-0.1, -0.05) is 12.1 Å². The minimum Gasteiger partial charge on any atom is -0.497 e. The summed E-state index contributed by atoms with van der Waals surface area (Å²) in [5.41, 5.74) is 2.21. The topological polar surface area (TPSA) is 88.2 Å². The summed E-state index contributed by atoms with van der Waals surface area (Å²) in [6.07, 6.45) is 0. The van der Waals surface area contributed by atoms with Gasteiger partial charge in [-0.3, -0.25) is 14.5 Å². The van der Waals surface area contributed by atoms with E-state index in [0.717, 1.165) is 21.8 Å². The predicted molar refractivity (Wildman–Crippen MR) is 103 cm³/mol. The van der Waals surface area contributed by atoms with Crippen molar-refractivity contribution in [3.8, 4) is 22.6 Å². The molecule has 8 heteroatoms. The molecular weight excluding hydrogens is 362 g/mol. The van der Waals surface area contributed by atoms with E-state index in [1.54, 1.807) is 32.4 Å². The summed E-state index contributed by atoms with van der Waals surface area (Å²) >= 11 is 0. The number of nitrogens with zero attached hydrogens (tertiary/aromatic N) is 2. The second-order valence-corrected chi connectivity index (χ2v) is 6.31. The Hall–Kier alpha value is -3.55. The summed E-state index contributed by atoms with van der Waals surface area (Å²) in [4.78, 5) is 38.2. The number of carbonyl (C=O) groups is 3. The number of hydrogen-bond donors (Lipinski definition) is 1. The highest BCUT2D eigenvalue weighted by atomic mass is 16.5. The lowest BCUT2D eigenvalue weighted by Crippen LogP contribution is -2.38. The third kappa shape index (κ3) is 3.90. The summed E-state index contributed by atoms with van der Waals surface area (Å²) in [7, 11) is 4.68. The molecule has 3 rings (SSSR count). The van der Waals surface area contributed by atoms with Gasteiger partial charge in [0.05, 0.1) is 14.2 Å². The van der Waals surface area contributed by atoms with Crippen molar-refractivity contribution < 1.29 is 23.9 Å². The maximum absolute atomic E-state index is 12.3. The first kappa shape index (κ1) is 19.2. The Bertz CT molecular complexity index is 911. The molecule has 1 aliphatic rings. The fraction of sp³-hybridized carbons (Fsp3) is 0.250. The zero-order chi connectivity index (χ0) is 20.3. The van der Waals surface area contributed by atoms with E-state index in [9.17, 15) is 14.4 Å². The van der Waals surface area contributed by atoms with E-state index in [2.05, 4.69) is 5.32 Å². The first-order chi connectivity index (χ1) is 13.4. The average Bonchev–Trinajstić information content (AvgIpc) is 2.94. The quantitative estimate of drug-likeness (QED) is 0.773. The Morgan fingerprint density at radius 3 is 2.36 bits per heavy atom. The number of rotatable bonds is 6. The van der Waals surface area contributed by atoms with Gasteiger partial charge in [0.1, 0.15) is 24.6 Å². The number of benzene rings is 2. The SMILES string of the molecule is COc1ccc(-c2cc(NC(=O)CN3C(=O)CN(C)C3=O)ccc2OC)cc1. The van der Waals surface area contributed by atoms with Crippen LogP contribution in [0, 0.1) is 0 Å². The molecule has 0 spiro atoms. The molecule has 1 N–H and O–H groups in total. The molecule has 1 aliphatic heterocycles. The molecule has 0 atom stereocenters. The first-order valence-corrected chi connectivity index (χ1v) is 8.60. The van der Waals surface area contributed by atoms with Crippen LogP contribution in [-0.4, -0.2) is 62.0 Å². The Balaban J connectivity index is 1.78. The van der Waals surface area contributed by atoms with Crippen LogP contribution in [0.25, 0.3) is 11.1 Å². The molecule has 1 fully saturated rings. The standard InChI is InChI=1S/C20H21N3O5/c1-22-12-19(25)23(20(22)26)11-18(24)21-14-6-9-17(28-3)16(10-14)13-4-7-15(27-2)8-5-13/h4-10H,11-12H2,1-3H3,(H,21,24). The number of hydrogen-bond acceptors (Lipinski definition) is 5. The van der Waals surface area contributed by atoms with Gasteiger partial charge in [-0.15, -0.1) is 0 Å². The second-order valence-electron chi connectivity index (χ2n) is 6.31. The van der Waals surface area contributed by atoms with E-state index < -0.39 is 17.8 Å². The average molecular weight is 383 g/mol. The predicted octanol–water partition coefficient (Wildman–Crippen LogP) is 2.20. The van der Waals surface area contributed by atoms with Crippen LogP contribution in [0.4, 0.5) is 10.5 Å². The summed E-state index contributed by atoms with van der Waals surface area (Å²) in [6.45, 7) is -0.345. The summed E-state index contributed by atoms with van der Waals surface area (Å²) in [5.74, 6) is 0.533. The lowest BCUT2D eigenvalue weighted by Gasteiger charge is -2.15. The van der Waals surface area contributed by atoms with E-state index in [4.69, 9.17) is 9.47 Å². The zero-order valence-electron chi connectivity index (χ0n) is 15.9. The third-order valence-corrected chi connectivity index (χ3v) is 4.42. The molecule has 1 saturated heterocycles. The molecule has 4 amide bonds. The number of nitrogens with one attached hydrogen (secondary N) is 1. The van der Waals surface area contributed by atoms with Crippen LogP contribution in [0.2, 0.25) is 0 Å². The molecule has 28 heavy (non-hydrogen) atoms. The lowest BCUT2D eigenvalue weighted by molar-refractivity contribution is -0.129. The Morgan fingerprint density at radius 1 is 1.07 bits per heavy atom. The maximum Gasteiger partial charge on any atom is 0.327 e. The smallest absolute Gasteiger partial charge is 0.327 e. The van der Waals surface area contributed by atoms with Gasteiger partial charge in [0.2, 0.25) is 5.91 Å². The van der Waals surface area contributed by atoms with Gasteiger partial charge in [-0.25, -0.2) is 4.79 Å². The molecule has 0 aromatic heterocycles. The molecule has 0 aliphatic carbocycles. The highest BCUT2D eigenvalue weighted by molar-refractivity contribution is 6.06. The number of anilines is 1. The molecule has 2 aromatic carbocycles. The van der Waals surface area contributed by atoms with Crippen molar-refractivity contribution in [1.29, 1.82) is 0 Å². The van der Waals surface area contributed by atoms with Crippen LogP contribution in [0.5, 0.6) is 11.5 Å². The molecule has 0 radical (unpaired) electrons. The van der Waals surface area contributed by atoms with Crippen LogP contribution in [0.1, 0.15) is 0 Å². The highest BCUT2D eigenvalue weighted by Crippen LogP contribution is 2.33. The minimum atomic E-state index is -0.478. The third-order valence-electron chi connectivity index (χ3n) is 4.42. The Kier molecular flexibility index (Phi) is 5.49. The van der Waals surface area contributed by atoms with Crippen LogP contribution in [0.15, 0.2) is 42.5 Å². The van der Waals surface area contributed by atoms with Crippen molar-refractivity contribution in [2.24, 2.45) is 0 Å². The number of methoxy groups -OCH3 is 2. The van der Waals surface area contributed by atoms with E-state index >= 15 is 0 Å². The van der Waals surface area contributed by atoms with Crippen molar-refractivity contribution in [2.75, 3.05) is 39.7 Å². The molecule has 0 bridgehead atoms. The van der Waals surface area contributed by atoms with Crippen molar-refractivity contribution in [3.05, 3.63) is 42.5 Å². The summed E-state index contributed by atoms with van der Waals surface area (Å²) in [5, 5.41) is 2.72. The highest BCUT2D eigenvalue weighted by Gasteiger charge is 2.34. The van der Waals surface area contributed by atoms with Crippen molar-refractivity contribution >= 4 is 23.5 Å². The van der Waals surface area contributed by atoms with E-state index in [1.807, 2.05) is 24.3 Å². The lowest BCUT2D eigenvalue weighted by atomic mass is 10.0. The number of amides is 4. The van der Waals surface area contributed by atoms with Crippen molar-refractivity contribution in [3.63, 3.8) is 0 Å². The number of ether oxygens (including phenoxy) is 2. The minimum absolute atomic E-state index is 0.0176. The van der Waals surface area contributed by atoms with Gasteiger partial charge >= 0.3 is 6.03 Å². The number of urea groups is 1. The Morgan fingerprint density at radius 2 is 1.79 bits per heavy atom. The van der Waals surface area contributed by atoms with Gasteiger partial charge in [0.15, 0.2) is 0 Å².